The quantitative estimate of drug-likeness (QED) is 0.780. The highest BCUT2D eigenvalue weighted by atomic mass is 16.4. The molecule has 0 saturated heterocycles. The molecule has 1 aromatic rings. The number of rotatable bonds is 2. The fourth-order valence-electron chi connectivity index (χ4n) is 1.02. The van der Waals surface area contributed by atoms with Crippen molar-refractivity contribution in [2.75, 3.05) is 0 Å². The lowest BCUT2D eigenvalue weighted by Crippen LogP contribution is -2.46. The van der Waals surface area contributed by atoms with Crippen LogP contribution in [0.1, 0.15) is 32.4 Å². The van der Waals surface area contributed by atoms with Gasteiger partial charge in [-0.3, -0.25) is 0 Å². The number of urea groups is 1. The van der Waals surface area contributed by atoms with E-state index in [9.17, 15) is 4.79 Å². The second-order valence-corrected chi connectivity index (χ2v) is 4.42. The first-order valence-electron chi connectivity index (χ1n) is 4.84. The summed E-state index contributed by atoms with van der Waals surface area (Å²) < 4.78 is 5.21. The Hall–Kier alpha value is -1.52. The van der Waals surface area contributed by atoms with Crippen LogP contribution in [0.4, 0.5) is 4.79 Å². The first kappa shape index (κ1) is 11.6. The van der Waals surface area contributed by atoms with Gasteiger partial charge in [0.1, 0.15) is 5.76 Å². The summed E-state index contributed by atoms with van der Waals surface area (Å²) in [5.41, 5.74) is -0.239. The Bertz CT molecular complexity index is 339. The molecule has 84 valence electrons. The monoisotopic (exact) mass is 211 g/mol. The van der Waals surface area contributed by atoms with Gasteiger partial charge in [-0.1, -0.05) is 0 Å². The molecule has 0 aromatic carbocycles. The molecule has 5 nitrogen and oxygen atoms in total. The minimum atomic E-state index is -0.239. The van der Waals surface area contributed by atoms with Crippen molar-refractivity contribution in [2.45, 2.75) is 39.8 Å². The van der Waals surface area contributed by atoms with Gasteiger partial charge in [-0.05, 0) is 27.7 Å². The number of amides is 2. The third-order valence-corrected chi connectivity index (χ3v) is 1.56. The molecule has 2 N–H and O–H groups in total. The van der Waals surface area contributed by atoms with Crippen molar-refractivity contribution >= 4 is 6.03 Å². The highest BCUT2D eigenvalue weighted by Crippen LogP contribution is 2.01. The molecule has 15 heavy (non-hydrogen) atoms. The second kappa shape index (κ2) is 4.33. The van der Waals surface area contributed by atoms with Crippen LogP contribution in [0.15, 0.2) is 10.6 Å². The highest BCUT2D eigenvalue weighted by molar-refractivity contribution is 5.74. The van der Waals surface area contributed by atoms with Crippen LogP contribution in [-0.2, 0) is 6.54 Å². The lowest BCUT2D eigenvalue weighted by molar-refractivity contribution is 0.230. The van der Waals surface area contributed by atoms with Crippen LogP contribution in [0.25, 0.3) is 0 Å². The lowest BCUT2D eigenvalue weighted by atomic mass is 10.1. The van der Waals surface area contributed by atoms with E-state index in [1.54, 1.807) is 6.20 Å². The average molecular weight is 211 g/mol. The summed E-state index contributed by atoms with van der Waals surface area (Å²) in [5.74, 6) is 1.25. The number of oxazole rings is 1. The summed E-state index contributed by atoms with van der Waals surface area (Å²) in [6.07, 6.45) is 1.62. The number of carbonyl (C=O) groups excluding carboxylic acids is 1. The third-order valence-electron chi connectivity index (χ3n) is 1.56. The van der Waals surface area contributed by atoms with Gasteiger partial charge >= 0.3 is 6.03 Å². The van der Waals surface area contributed by atoms with Crippen LogP contribution in [-0.4, -0.2) is 16.6 Å². The summed E-state index contributed by atoms with van der Waals surface area (Å²) in [5, 5.41) is 5.44. The fraction of sp³-hybridized carbons (Fsp3) is 0.600. The van der Waals surface area contributed by atoms with Gasteiger partial charge in [-0.25, -0.2) is 9.78 Å². The van der Waals surface area contributed by atoms with E-state index >= 15 is 0 Å². The smallest absolute Gasteiger partial charge is 0.315 e. The van der Waals surface area contributed by atoms with Crippen LogP contribution in [0.3, 0.4) is 0 Å². The zero-order chi connectivity index (χ0) is 11.5. The van der Waals surface area contributed by atoms with Gasteiger partial charge in [0.25, 0.3) is 0 Å². The SMILES string of the molecule is Cc1cnc(CNC(=O)NC(C)(C)C)o1. The van der Waals surface area contributed by atoms with E-state index in [-0.39, 0.29) is 11.6 Å². The fourth-order valence-corrected chi connectivity index (χ4v) is 1.02. The molecular formula is C10H17N3O2. The molecule has 2 amide bonds. The molecule has 1 rings (SSSR count). The zero-order valence-corrected chi connectivity index (χ0v) is 9.55. The number of aromatic nitrogens is 1. The van der Waals surface area contributed by atoms with E-state index in [1.807, 2.05) is 27.7 Å². The van der Waals surface area contributed by atoms with Crippen molar-refractivity contribution in [3.8, 4) is 0 Å². The topological polar surface area (TPSA) is 67.2 Å². The molecule has 0 bridgehead atoms. The maximum atomic E-state index is 11.3. The first-order chi connectivity index (χ1) is 6.87. The molecular weight excluding hydrogens is 194 g/mol. The second-order valence-electron chi connectivity index (χ2n) is 4.42. The van der Waals surface area contributed by atoms with Gasteiger partial charge in [0.2, 0.25) is 5.89 Å². The number of carbonyl (C=O) groups is 1. The first-order valence-corrected chi connectivity index (χ1v) is 4.84. The maximum absolute atomic E-state index is 11.3. The predicted octanol–water partition coefficient (Wildman–Crippen LogP) is 1.58. The van der Waals surface area contributed by atoms with Gasteiger partial charge in [-0.15, -0.1) is 0 Å². The molecule has 1 aromatic heterocycles. The summed E-state index contributed by atoms with van der Waals surface area (Å²) in [6.45, 7) is 7.87. The molecule has 0 radical (unpaired) electrons. The minimum Gasteiger partial charge on any atom is -0.444 e. The molecule has 0 unspecified atom stereocenters. The Morgan fingerprint density at radius 2 is 2.20 bits per heavy atom. The predicted molar refractivity (Wildman–Crippen MR) is 56.4 cm³/mol. The number of nitrogens with zero attached hydrogens (tertiary/aromatic N) is 1. The van der Waals surface area contributed by atoms with Crippen molar-refractivity contribution in [3.05, 3.63) is 17.8 Å². The van der Waals surface area contributed by atoms with Gasteiger partial charge < -0.3 is 15.1 Å². The van der Waals surface area contributed by atoms with Crippen molar-refractivity contribution in [2.24, 2.45) is 0 Å². The molecule has 0 aliphatic carbocycles. The van der Waals surface area contributed by atoms with Crippen molar-refractivity contribution < 1.29 is 9.21 Å². The normalized spacial score (nSPS) is 11.2. The molecule has 5 heteroatoms. The van der Waals surface area contributed by atoms with Crippen LogP contribution in [0.5, 0.6) is 0 Å². The van der Waals surface area contributed by atoms with Gasteiger partial charge in [0.05, 0.1) is 12.7 Å². The standard InChI is InChI=1S/C10H17N3O2/c1-7-5-11-8(15-7)6-12-9(14)13-10(2,3)4/h5H,6H2,1-4H3,(H2,12,13,14). The van der Waals surface area contributed by atoms with Crippen LogP contribution in [0, 0.1) is 6.92 Å². The highest BCUT2D eigenvalue weighted by Gasteiger charge is 2.13. The Balaban J connectivity index is 2.35. The Morgan fingerprint density at radius 1 is 1.53 bits per heavy atom. The zero-order valence-electron chi connectivity index (χ0n) is 9.55. The van der Waals surface area contributed by atoms with Gasteiger partial charge in [0.15, 0.2) is 0 Å². The van der Waals surface area contributed by atoms with Crippen molar-refractivity contribution in [3.63, 3.8) is 0 Å². The Labute approximate surface area is 89.3 Å². The van der Waals surface area contributed by atoms with E-state index in [0.717, 1.165) is 5.76 Å². The number of aryl methyl sites for hydroxylation is 1. The van der Waals surface area contributed by atoms with E-state index < -0.39 is 0 Å². The van der Waals surface area contributed by atoms with E-state index in [0.29, 0.717) is 12.4 Å². The Kier molecular flexibility index (Phi) is 3.34. The van der Waals surface area contributed by atoms with E-state index in [4.69, 9.17) is 4.42 Å². The van der Waals surface area contributed by atoms with Gasteiger partial charge in [0, 0.05) is 5.54 Å². The largest absolute Gasteiger partial charge is 0.444 e. The van der Waals surface area contributed by atoms with Crippen LogP contribution >= 0.6 is 0 Å². The summed E-state index contributed by atoms with van der Waals surface area (Å²) >= 11 is 0. The summed E-state index contributed by atoms with van der Waals surface area (Å²) in [4.78, 5) is 15.3. The number of nitrogens with one attached hydrogen (secondary N) is 2. The van der Waals surface area contributed by atoms with Crippen LogP contribution in [0.2, 0.25) is 0 Å². The Morgan fingerprint density at radius 3 is 2.67 bits per heavy atom. The average Bonchev–Trinajstić information content (AvgIpc) is 2.45. The van der Waals surface area contributed by atoms with Gasteiger partial charge in [-0.2, -0.15) is 0 Å². The summed E-state index contributed by atoms with van der Waals surface area (Å²) in [6, 6.07) is -0.224. The molecule has 0 spiro atoms. The van der Waals surface area contributed by atoms with E-state index in [2.05, 4.69) is 15.6 Å². The van der Waals surface area contributed by atoms with Crippen molar-refractivity contribution in [1.82, 2.24) is 15.6 Å². The third kappa shape index (κ3) is 4.49. The number of hydrogen-bond acceptors (Lipinski definition) is 3. The lowest BCUT2D eigenvalue weighted by Gasteiger charge is -2.20. The summed E-state index contributed by atoms with van der Waals surface area (Å²) in [7, 11) is 0. The van der Waals surface area contributed by atoms with E-state index in [1.165, 1.54) is 0 Å². The molecule has 0 aliphatic rings. The molecule has 0 atom stereocenters. The van der Waals surface area contributed by atoms with Crippen LogP contribution < -0.4 is 10.6 Å². The van der Waals surface area contributed by atoms with Crippen molar-refractivity contribution in [1.29, 1.82) is 0 Å². The minimum absolute atomic E-state index is 0.224. The molecule has 0 aliphatic heterocycles. The molecule has 0 fully saturated rings. The molecule has 0 saturated carbocycles. The molecule has 1 heterocycles. The maximum Gasteiger partial charge on any atom is 0.315 e. The number of hydrogen-bond donors (Lipinski definition) is 2.